The monoisotopic (exact) mass is 331 g/mol. The van der Waals surface area contributed by atoms with Crippen molar-refractivity contribution in [3.63, 3.8) is 0 Å². The van der Waals surface area contributed by atoms with E-state index in [1.807, 2.05) is 30.3 Å². The number of benzene rings is 2. The fraction of sp³-hybridized carbons (Fsp3) is 0.0588. The lowest BCUT2D eigenvalue weighted by Gasteiger charge is -2.09. The van der Waals surface area contributed by atoms with E-state index in [2.05, 4.69) is 5.10 Å². The number of halogens is 3. The molecule has 1 amide bonds. The average molecular weight is 331 g/mol. The van der Waals surface area contributed by atoms with Gasteiger partial charge in [0.15, 0.2) is 0 Å². The third-order valence-corrected chi connectivity index (χ3v) is 3.51. The van der Waals surface area contributed by atoms with Crippen LogP contribution in [0.3, 0.4) is 0 Å². The Kier molecular flexibility index (Phi) is 3.84. The number of hydrogen-bond acceptors (Lipinski definition) is 2. The molecule has 122 valence electrons. The van der Waals surface area contributed by atoms with Gasteiger partial charge in [0.05, 0.1) is 5.56 Å². The molecule has 0 radical (unpaired) electrons. The summed E-state index contributed by atoms with van der Waals surface area (Å²) in [5, 5.41) is 3.55. The van der Waals surface area contributed by atoms with Gasteiger partial charge in [-0.25, -0.2) is 0 Å². The molecule has 0 aliphatic heterocycles. The Bertz CT molecular complexity index is 886. The van der Waals surface area contributed by atoms with Crippen LogP contribution in [-0.4, -0.2) is 15.7 Å². The molecule has 0 aliphatic carbocycles. The number of carbonyl (C=O) groups is 1. The summed E-state index contributed by atoms with van der Waals surface area (Å²) in [6.45, 7) is 0. The third kappa shape index (κ3) is 2.88. The van der Waals surface area contributed by atoms with Gasteiger partial charge < -0.3 is 5.73 Å². The van der Waals surface area contributed by atoms with Gasteiger partial charge in [0.2, 0.25) is 0 Å². The molecule has 1 aromatic heterocycles. The van der Waals surface area contributed by atoms with Crippen LogP contribution in [-0.2, 0) is 6.30 Å². The predicted octanol–water partition coefficient (Wildman–Crippen LogP) is 3.79. The van der Waals surface area contributed by atoms with Crippen LogP contribution in [0.4, 0.5) is 13.2 Å². The Morgan fingerprint density at radius 3 is 2.12 bits per heavy atom. The minimum Gasteiger partial charge on any atom is -0.365 e. The highest BCUT2D eigenvalue weighted by atomic mass is 19.4. The van der Waals surface area contributed by atoms with E-state index in [-0.39, 0.29) is 15.9 Å². The average Bonchev–Trinajstić information content (AvgIpc) is 3.01. The number of nitrogens with zero attached hydrogens (tertiary/aromatic N) is 2. The number of aromatic nitrogens is 2. The molecule has 0 saturated heterocycles. The Morgan fingerprint density at radius 2 is 1.54 bits per heavy atom. The predicted molar refractivity (Wildman–Crippen MR) is 82.9 cm³/mol. The molecule has 0 fully saturated rings. The van der Waals surface area contributed by atoms with Gasteiger partial charge >= 0.3 is 6.30 Å². The standard InChI is InChI=1S/C17H12F3N3O/c18-17(19,20)23-10-14(16(21)24)15(22-23)13-9-5-4-8-12(13)11-6-2-1-3-7-11/h1-10H,(H2,21,24). The van der Waals surface area contributed by atoms with Crippen molar-refractivity contribution >= 4 is 5.91 Å². The zero-order valence-corrected chi connectivity index (χ0v) is 12.3. The maximum atomic E-state index is 12.9. The second-order valence-electron chi connectivity index (χ2n) is 5.08. The molecule has 24 heavy (non-hydrogen) atoms. The first-order valence-electron chi connectivity index (χ1n) is 6.99. The number of hydrogen-bond donors (Lipinski definition) is 1. The zero-order chi connectivity index (χ0) is 17.3. The van der Waals surface area contributed by atoms with E-state index >= 15 is 0 Å². The highest BCUT2D eigenvalue weighted by Gasteiger charge is 2.34. The second kappa shape index (κ2) is 5.84. The van der Waals surface area contributed by atoms with Gasteiger partial charge in [-0.2, -0.15) is 9.78 Å². The van der Waals surface area contributed by atoms with E-state index in [0.29, 0.717) is 17.3 Å². The Balaban J connectivity index is 2.24. The van der Waals surface area contributed by atoms with Crippen LogP contribution in [0.15, 0.2) is 60.8 Å². The van der Waals surface area contributed by atoms with Gasteiger partial charge in [-0.1, -0.05) is 54.6 Å². The van der Waals surface area contributed by atoms with E-state index in [1.54, 1.807) is 24.3 Å². The lowest BCUT2D eigenvalue weighted by Crippen LogP contribution is -2.17. The van der Waals surface area contributed by atoms with Crippen molar-refractivity contribution in [2.45, 2.75) is 6.30 Å². The minimum absolute atomic E-state index is 0.0979. The summed E-state index contributed by atoms with van der Waals surface area (Å²) in [6.07, 6.45) is -4.12. The van der Waals surface area contributed by atoms with Gasteiger partial charge in [-0.3, -0.25) is 4.79 Å². The van der Waals surface area contributed by atoms with E-state index < -0.39 is 12.2 Å². The second-order valence-corrected chi connectivity index (χ2v) is 5.08. The van der Waals surface area contributed by atoms with Crippen molar-refractivity contribution in [1.82, 2.24) is 9.78 Å². The lowest BCUT2D eigenvalue weighted by molar-refractivity contribution is -0.212. The Labute approximate surface area is 135 Å². The van der Waals surface area contributed by atoms with Crippen LogP contribution >= 0.6 is 0 Å². The fourth-order valence-electron chi connectivity index (χ4n) is 2.44. The van der Waals surface area contributed by atoms with Crippen molar-refractivity contribution in [3.8, 4) is 22.4 Å². The highest BCUT2D eigenvalue weighted by Crippen LogP contribution is 2.34. The molecule has 0 aliphatic rings. The first-order chi connectivity index (χ1) is 11.4. The van der Waals surface area contributed by atoms with E-state index in [4.69, 9.17) is 5.73 Å². The van der Waals surface area contributed by atoms with E-state index in [9.17, 15) is 18.0 Å². The van der Waals surface area contributed by atoms with Crippen LogP contribution in [0, 0.1) is 0 Å². The maximum Gasteiger partial charge on any atom is 0.504 e. The molecular formula is C17H12F3N3O. The van der Waals surface area contributed by atoms with Crippen LogP contribution in [0.1, 0.15) is 10.4 Å². The van der Waals surface area contributed by atoms with E-state index in [1.165, 1.54) is 0 Å². The summed E-state index contributed by atoms with van der Waals surface area (Å²) in [7, 11) is 0. The molecule has 0 saturated carbocycles. The first-order valence-corrected chi connectivity index (χ1v) is 6.99. The molecule has 2 N–H and O–H groups in total. The zero-order valence-electron chi connectivity index (χ0n) is 12.3. The van der Waals surface area contributed by atoms with Gasteiger partial charge in [-0.15, -0.1) is 13.2 Å². The van der Waals surface area contributed by atoms with Crippen molar-refractivity contribution in [2.75, 3.05) is 0 Å². The number of primary amides is 1. The number of alkyl halides is 3. The van der Waals surface area contributed by atoms with Crippen molar-refractivity contribution in [2.24, 2.45) is 5.73 Å². The number of rotatable bonds is 3. The molecular weight excluding hydrogens is 319 g/mol. The largest absolute Gasteiger partial charge is 0.504 e. The SMILES string of the molecule is NC(=O)c1cn(C(F)(F)F)nc1-c1ccccc1-c1ccccc1. The van der Waals surface area contributed by atoms with Crippen LogP contribution < -0.4 is 5.73 Å². The van der Waals surface area contributed by atoms with Gasteiger partial charge in [-0.05, 0) is 11.1 Å². The summed E-state index contributed by atoms with van der Waals surface area (Å²) in [4.78, 5) is 11.6. The highest BCUT2D eigenvalue weighted by molar-refractivity contribution is 6.00. The lowest BCUT2D eigenvalue weighted by atomic mass is 9.96. The molecule has 1 heterocycles. The molecule has 3 aromatic rings. The molecule has 0 unspecified atom stereocenters. The number of nitrogens with two attached hydrogens (primary N) is 1. The van der Waals surface area contributed by atoms with E-state index in [0.717, 1.165) is 5.56 Å². The van der Waals surface area contributed by atoms with Crippen molar-refractivity contribution < 1.29 is 18.0 Å². The van der Waals surface area contributed by atoms with Gasteiger partial charge in [0.25, 0.3) is 5.91 Å². The Morgan fingerprint density at radius 1 is 0.958 bits per heavy atom. The molecule has 3 rings (SSSR count). The topological polar surface area (TPSA) is 60.9 Å². The normalized spacial score (nSPS) is 11.5. The quantitative estimate of drug-likeness (QED) is 0.794. The smallest absolute Gasteiger partial charge is 0.365 e. The molecule has 0 bridgehead atoms. The van der Waals surface area contributed by atoms with Crippen molar-refractivity contribution in [3.05, 3.63) is 66.4 Å². The fourth-order valence-corrected chi connectivity index (χ4v) is 2.44. The summed E-state index contributed by atoms with van der Waals surface area (Å²) in [5.41, 5.74) is 6.72. The summed E-state index contributed by atoms with van der Waals surface area (Å²) in [6, 6.07) is 15.9. The molecule has 4 nitrogen and oxygen atoms in total. The molecule has 2 aromatic carbocycles. The van der Waals surface area contributed by atoms with Gasteiger partial charge in [0.1, 0.15) is 5.69 Å². The molecule has 7 heteroatoms. The summed E-state index contributed by atoms with van der Waals surface area (Å²) < 4.78 is 38.6. The molecule has 0 spiro atoms. The van der Waals surface area contributed by atoms with Crippen LogP contribution in [0.2, 0.25) is 0 Å². The number of amides is 1. The number of carbonyl (C=O) groups excluding carboxylic acids is 1. The summed E-state index contributed by atoms with van der Waals surface area (Å²) in [5.74, 6) is -0.969. The third-order valence-electron chi connectivity index (χ3n) is 3.51. The van der Waals surface area contributed by atoms with Crippen LogP contribution in [0.5, 0.6) is 0 Å². The van der Waals surface area contributed by atoms with Gasteiger partial charge in [0, 0.05) is 11.8 Å². The van der Waals surface area contributed by atoms with Crippen molar-refractivity contribution in [1.29, 1.82) is 0 Å². The molecule has 0 atom stereocenters. The summed E-state index contributed by atoms with van der Waals surface area (Å²) >= 11 is 0. The minimum atomic E-state index is -4.73. The Hall–Kier alpha value is -3.09. The maximum absolute atomic E-state index is 12.9. The van der Waals surface area contributed by atoms with Crippen LogP contribution in [0.25, 0.3) is 22.4 Å². The first kappa shape index (κ1) is 15.8.